The quantitative estimate of drug-likeness (QED) is 0.367. The second-order valence-corrected chi connectivity index (χ2v) is 7.82. The third-order valence-corrected chi connectivity index (χ3v) is 5.40. The van der Waals surface area contributed by atoms with Crippen molar-refractivity contribution in [3.63, 3.8) is 0 Å². The van der Waals surface area contributed by atoms with Crippen LogP contribution in [-0.2, 0) is 24.4 Å². The van der Waals surface area contributed by atoms with E-state index >= 15 is 0 Å². The van der Waals surface area contributed by atoms with Crippen LogP contribution in [0.1, 0.15) is 23.1 Å². The van der Waals surface area contributed by atoms with Crippen molar-refractivity contribution in [3.05, 3.63) is 108 Å². The SMILES string of the molecule is COc1ccc(CCC(=O)NCc2ccnc(-c3ccncc3)c2)cc1OCc1ccccc1. The molecule has 1 amide bonds. The maximum absolute atomic E-state index is 12.5. The lowest BCUT2D eigenvalue weighted by molar-refractivity contribution is -0.121. The number of aryl methyl sites for hydroxylation is 1. The van der Waals surface area contributed by atoms with Gasteiger partial charge in [-0.15, -0.1) is 0 Å². The Bertz CT molecular complexity index is 1210. The highest BCUT2D eigenvalue weighted by molar-refractivity contribution is 5.76. The molecule has 0 unspecified atom stereocenters. The van der Waals surface area contributed by atoms with E-state index in [0.717, 1.165) is 27.9 Å². The Kier molecular flexibility index (Phi) is 7.85. The molecule has 172 valence electrons. The molecule has 0 spiro atoms. The van der Waals surface area contributed by atoms with Crippen LogP contribution in [0.25, 0.3) is 11.3 Å². The third-order valence-electron chi connectivity index (χ3n) is 5.40. The normalized spacial score (nSPS) is 10.5. The van der Waals surface area contributed by atoms with Gasteiger partial charge in [-0.3, -0.25) is 14.8 Å². The zero-order chi connectivity index (χ0) is 23.6. The molecular weight excluding hydrogens is 426 g/mol. The van der Waals surface area contributed by atoms with E-state index in [0.29, 0.717) is 37.5 Å². The van der Waals surface area contributed by atoms with Crippen molar-refractivity contribution >= 4 is 5.91 Å². The average molecular weight is 454 g/mol. The van der Waals surface area contributed by atoms with Gasteiger partial charge in [-0.05, 0) is 59.5 Å². The number of benzene rings is 2. The molecule has 0 radical (unpaired) electrons. The largest absolute Gasteiger partial charge is 0.493 e. The van der Waals surface area contributed by atoms with Crippen LogP contribution in [0.4, 0.5) is 0 Å². The highest BCUT2D eigenvalue weighted by Gasteiger charge is 2.09. The van der Waals surface area contributed by atoms with E-state index in [2.05, 4.69) is 15.3 Å². The highest BCUT2D eigenvalue weighted by atomic mass is 16.5. The summed E-state index contributed by atoms with van der Waals surface area (Å²) in [6.07, 6.45) is 6.22. The van der Waals surface area contributed by atoms with Gasteiger partial charge in [-0.1, -0.05) is 36.4 Å². The molecule has 34 heavy (non-hydrogen) atoms. The van der Waals surface area contributed by atoms with Crippen molar-refractivity contribution < 1.29 is 14.3 Å². The maximum atomic E-state index is 12.5. The lowest BCUT2D eigenvalue weighted by Gasteiger charge is -2.13. The van der Waals surface area contributed by atoms with E-state index in [1.54, 1.807) is 25.7 Å². The van der Waals surface area contributed by atoms with Gasteiger partial charge in [0, 0.05) is 37.1 Å². The zero-order valence-corrected chi connectivity index (χ0v) is 19.1. The number of carbonyl (C=O) groups is 1. The monoisotopic (exact) mass is 453 g/mol. The molecule has 4 rings (SSSR count). The van der Waals surface area contributed by atoms with E-state index in [4.69, 9.17) is 9.47 Å². The Balaban J connectivity index is 1.30. The summed E-state index contributed by atoms with van der Waals surface area (Å²) in [5.74, 6) is 1.33. The minimum absolute atomic E-state index is 0.00940. The van der Waals surface area contributed by atoms with Crippen molar-refractivity contribution in [2.24, 2.45) is 0 Å². The summed E-state index contributed by atoms with van der Waals surface area (Å²) in [5.41, 5.74) is 4.94. The number of pyridine rings is 2. The van der Waals surface area contributed by atoms with Gasteiger partial charge in [0.1, 0.15) is 6.61 Å². The molecule has 0 atom stereocenters. The molecule has 0 bridgehead atoms. The zero-order valence-electron chi connectivity index (χ0n) is 19.1. The molecule has 2 aromatic heterocycles. The molecule has 4 aromatic rings. The smallest absolute Gasteiger partial charge is 0.220 e. The van der Waals surface area contributed by atoms with Crippen LogP contribution >= 0.6 is 0 Å². The van der Waals surface area contributed by atoms with E-state index in [1.807, 2.05) is 72.8 Å². The van der Waals surface area contributed by atoms with Crippen LogP contribution in [0.15, 0.2) is 91.4 Å². The molecule has 0 saturated carbocycles. The minimum atomic E-state index is -0.00940. The lowest BCUT2D eigenvalue weighted by atomic mass is 10.1. The summed E-state index contributed by atoms with van der Waals surface area (Å²) < 4.78 is 11.4. The van der Waals surface area contributed by atoms with Gasteiger partial charge in [-0.25, -0.2) is 0 Å². The molecule has 6 nitrogen and oxygen atoms in total. The first kappa shape index (κ1) is 23.0. The standard InChI is InChI=1S/C28H27N3O3/c1-33-26-9-7-21(18-27(26)34-20-22-5-3-2-4-6-22)8-10-28(32)31-19-23-11-16-30-25(17-23)24-12-14-29-15-13-24/h2-7,9,11-18H,8,10,19-20H2,1H3,(H,31,32). The summed E-state index contributed by atoms with van der Waals surface area (Å²) in [4.78, 5) is 20.9. The van der Waals surface area contributed by atoms with E-state index < -0.39 is 0 Å². The molecule has 6 heteroatoms. The number of nitrogens with zero attached hydrogens (tertiary/aromatic N) is 2. The summed E-state index contributed by atoms with van der Waals surface area (Å²) in [6, 6.07) is 23.5. The van der Waals surface area contributed by atoms with Crippen LogP contribution in [0.2, 0.25) is 0 Å². The summed E-state index contributed by atoms with van der Waals surface area (Å²) in [7, 11) is 1.62. The van der Waals surface area contributed by atoms with Gasteiger partial charge in [0.05, 0.1) is 12.8 Å². The fourth-order valence-electron chi connectivity index (χ4n) is 3.54. The van der Waals surface area contributed by atoms with Crippen molar-refractivity contribution in [1.29, 1.82) is 0 Å². The van der Waals surface area contributed by atoms with E-state index in [9.17, 15) is 4.79 Å². The summed E-state index contributed by atoms with van der Waals surface area (Å²) >= 11 is 0. The Morgan fingerprint density at radius 1 is 0.853 bits per heavy atom. The van der Waals surface area contributed by atoms with Crippen LogP contribution in [0.3, 0.4) is 0 Å². The summed E-state index contributed by atoms with van der Waals surface area (Å²) in [5, 5.41) is 3.00. The Morgan fingerprint density at radius 2 is 1.68 bits per heavy atom. The number of methoxy groups -OCH3 is 1. The molecule has 0 saturated heterocycles. The molecule has 2 aromatic carbocycles. The minimum Gasteiger partial charge on any atom is -0.493 e. The first-order valence-electron chi connectivity index (χ1n) is 11.2. The Morgan fingerprint density at radius 3 is 2.47 bits per heavy atom. The first-order valence-corrected chi connectivity index (χ1v) is 11.2. The van der Waals surface area contributed by atoms with Gasteiger partial charge in [0.25, 0.3) is 0 Å². The molecule has 2 heterocycles. The Hall–Kier alpha value is -4.19. The number of nitrogens with one attached hydrogen (secondary N) is 1. The molecular formula is C28H27N3O3. The predicted molar refractivity (Wildman–Crippen MR) is 131 cm³/mol. The Labute approximate surface area is 199 Å². The van der Waals surface area contributed by atoms with Crippen LogP contribution in [0.5, 0.6) is 11.5 Å². The van der Waals surface area contributed by atoms with E-state index in [-0.39, 0.29) is 5.91 Å². The molecule has 1 N–H and O–H groups in total. The molecule has 0 aliphatic heterocycles. The number of ether oxygens (including phenoxy) is 2. The van der Waals surface area contributed by atoms with Crippen molar-refractivity contribution in [3.8, 4) is 22.8 Å². The summed E-state index contributed by atoms with van der Waals surface area (Å²) in [6.45, 7) is 0.905. The van der Waals surface area contributed by atoms with Gasteiger partial charge < -0.3 is 14.8 Å². The molecule has 0 aliphatic rings. The lowest BCUT2D eigenvalue weighted by Crippen LogP contribution is -2.23. The predicted octanol–water partition coefficient (Wildman–Crippen LogP) is 4.98. The number of hydrogen-bond donors (Lipinski definition) is 1. The second-order valence-electron chi connectivity index (χ2n) is 7.82. The fraction of sp³-hybridized carbons (Fsp3) is 0.179. The van der Waals surface area contributed by atoms with E-state index in [1.165, 1.54) is 0 Å². The fourth-order valence-corrected chi connectivity index (χ4v) is 3.54. The number of hydrogen-bond acceptors (Lipinski definition) is 5. The van der Waals surface area contributed by atoms with Crippen LogP contribution in [-0.4, -0.2) is 23.0 Å². The number of carbonyl (C=O) groups excluding carboxylic acids is 1. The van der Waals surface area contributed by atoms with Crippen LogP contribution < -0.4 is 14.8 Å². The number of rotatable bonds is 10. The van der Waals surface area contributed by atoms with Gasteiger partial charge >= 0.3 is 0 Å². The van der Waals surface area contributed by atoms with Crippen molar-refractivity contribution in [2.75, 3.05) is 7.11 Å². The maximum Gasteiger partial charge on any atom is 0.220 e. The van der Waals surface area contributed by atoms with Crippen LogP contribution in [0, 0.1) is 0 Å². The van der Waals surface area contributed by atoms with Gasteiger partial charge in [0.2, 0.25) is 5.91 Å². The third kappa shape index (κ3) is 6.42. The van der Waals surface area contributed by atoms with Gasteiger partial charge in [-0.2, -0.15) is 0 Å². The van der Waals surface area contributed by atoms with Crippen molar-refractivity contribution in [2.45, 2.75) is 26.0 Å². The highest BCUT2D eigenvalue weighted by Crippen LogP contribution is 2.29. The second kappa shape index (κ2) is 11.6. The van der Waals surface area contributed by atoms with Gasteiger partial charge in [0.15, 0.2) is 11.5 Å². The number of amides is 1. The molecule has 0 aliphatic carbocycles. The molecule has 0 fully saturated rings. The van der Waals surface area contributed by atoms with Crippen molar-refractivity contribution in [1.82, 2.24) is 15.3 Å². The number of aromatic nitrogens is 2. The average Bonchev–Trinajstić information content (AvgIpc) is 2.91. The topological polar surface area (TPSA) is 73.3 Å². The first-order chi connectivity index (χ1) is 16.7.